The number of amides is 4. The maximum atomic E-state index is 13.2. The van der Waals surface area contributed by atoms with Crippen molar-refractivity contribution < 1.29 is 19.2 Å². The molecular formula is C33H38ClN11O4S. The number of aromatic nitrogens is 5. The molecule has 0 spiro atoms. The fraction of sp³-hybridized carbons (Fsp3) is 0.273. The SMILES string of the molecule is CN(C)CCCNC(=O)c1cc(NC(=O)c2cc(NC(=O)c3cc(NC(=O)c4nsc(NCc5ccncc5)c4Cl)cn3C)cn2C)cn1C. The van der Waals surface area contributed by atoms with Crippen molar-refractivity contribution in [1.82, 2.24) is 33.3 Å². The van der Waals surface area contributed by atoms with Crippen LogP contribution in [0.15, 0.2) is 61.3 Å². The van der Waals surface area contributed by atoms with Crippen LogP contribution >= 0.6 is 23.1 Å². The molecular weight excluding hydrogens is 682 g/mol. The summed E-state index contributed by atoms with van der Waals surface area (Å²) < 4.78 is 9.01. The van der Waals surface area contributed by atoms with E-state index in [4.69, 9.17) is 11.6 Å². The third-order valence-electron chi connectivity index (χ3n) is 7.61. The zero-order valence-corrected chi connectivity index (χ0v) is 29.8. The summed E-state index contributed by atoms with van der Waals surface area (Å²) >= 11 is 7.53. The Morgan fingerprint density at radius 3 is 1.80 bits per heavy atom. The number of pyridine rings is 1. The summed E-state index contributed by atoms with van der Waals surface area (Å²) in [7, 11) is 9.03. The number of hydrogen-bond acceptors (Lipinski definition) is 9. The van der Waals surface area contributed by atoms with E-state index in [1.54, 1.807) is 78.0 Å². The van der Waals surface area contributed by atoms with Crippen molar-refractivity contribution in [1.29, 1.82) is 0 Å². The predicted molar refractivity (Wildman–Crippen MR) is 194 cm³/mol. The van der Waals surface area contributed by atoms with E-state index in [9.17, 15) is 19.2 Å². The second-order valence-corrected chi connectivity index (χ2v) is 13.0. The average Bonchev–Trinajstić information content (AvgIpc) is 3.83. The van der Waals surface area contributed by atoms with Gasteiger partial charge in [0.1, 0.15) is 27.1 Å². The highest BCUT2D eigenvalue weighted by atomic mass is 35.5. The van der Waals surface area contributed by atoms with Gasteiger partial charge in [0, 0.05) is 65.2 Å². The van der Waals surface area contributed by atoms with Crippen molar-refractivity contribution in [2.75, 3.05) is 48.5 Å². The summed E-state index contributed by atoms with van der Waals surface area (Å²) in [6.07, 6.45) is 9.06. The lowest BCUT2D eigenvalue weighted by Crippen LogP contribution is -2.28. The number of rotatable bonds is 14. The van der Waals surface area contributed by atoms with Crippen molar-refractivity contribution in [3.63, 3.8) is 0 Å². The Labute approximate surface area is 297 Å². The van der Waals surface area contributed by atoms with Gasteiger partial charge in [0.2, 0.25) is 0 Å². The standard InChI is InChI=1S/C33H38ClN11O4S/c1-42(2)12-6-9-36-29(46)24-13-21(17-43(24)3)38-30(47)25-14-22(18-44(25)4)39-31(48)26-15-23(19-45(26)5)40-32(49)28-27(34)33(50-41-28)37-16-20-7-10-35-11-8-20/h7-8,10-11,13-15,17-19,37H,6,9,12,16H2,1-5H3,(H,36,46)(H,38,47)(H,39,48)(H,40,49). The molecule has 262 valence electrons. The molecule has 0 saturated carbocycles. The molecule has 0 unspecified atom stereocenters. The zero-order chi connectivity index (χ0) is 35.9. The molecule has 0 aromatic carbocycles. The summed E-state index contributed by atoms with van der Waals surface area (Å²) in [5.74, 6) is -1.63. The maximum absolute atomic E-state index is 13.2. The van der Waals surface area contributed by atoms with Gasteiger partial charge in [0.05, 0.1) is 17.1 Å². The second-order valence-electron chi connectivity index (χ2n) is 11.8. The van der Waals surface area contributed by atoms with E-state index in [1.165, 1.54) is 6.07 Å². The molecule has 50 heavy (non-hydrogen) atoms. The van der Waals surface area contributed by atoms with Crippen LogP contribution in [-0.2, 0) is 27.7 Å². The van der Waals surface area contributed by atoms with Gasteiger partial charge in [0.15, 0.2) is 5.69 Å². The topological polar surface area (TPSA) is 172 Å². The zero-order valence-electron chi connectivity index (χ0n) is 28.2. The van der Waals surface area contributed by atoms with Gasteiger partial charge in [-0.2, -0.15) is 4.37 Å². The minimum Gasteiger partial charge on any atom is -0.370 e. The van der Waals surface area contributed by atoms with E-state index in [0.717, 1.165) is 30.1 Å². The summed E-state index contributed by atoms with van der Waals surface area (Å²) in [5, 5.41) is 15.2. The molecule has 0 fully saturated rings. The quantitative estimate of drug-likeness (QED) is 0.106. The Kier molecular flexibility index (Phi) is 11.4. The molecule has 0 aliphatic heterocycles. The van der Waals surface area contributed by atoms with Crippen molar-refractivity contribution >= 4 is 68.8 Å². The molecule has 0 aliphatic carbocycles. The Bertz CT molecular complexity index is 2010. The third-order valence-corrected chi connectivity index (χ3v) is 8.89. The van der Waals surface area contributed by atoms with Crippen LogP contribution in [0.3, 0.4) is 0 Å². The Morgan fingerprint density at radius 2 is 1.28 bits per heavy atom. The van der Waals surface area contributed by atoms with Crippen molar-refractivity contribution in [3.8, 4) is 0 Å². The van der Waals surface area contributed by atoms with Crippen LogP contribution in [-0.4, -0.2) is 78.8 Å². The first-order valence-electron chi connectivity index (χ1n) is 15.5. The van der Waals surface area contributed by atoms with Gasteiger partial charge in [-0.25, -0.2) is 0 Å². The lowest BCUT2D eigenvalue weighted by atomic mass is 10.3. The summed E-state index contributed by atoms with van der Waals surface area (Å²) in [6, 6.07) is 8.42. The van der Waals surface area contributed by atoms with Crippen molar-refractivity contribution in [3.05, 3.63) is 94.7 Å². The largest absolute Gasteiger partial charge is 0.370 e. The van der Waals surface area contributed by atoms with Crippen molar-refractivity contribution in [2.24, 2.45) is 21.1 Å². The molecule has 5 heterocycles. The van der Waals surface area contributed by atoms with Crippen LogP contribution in [0.1, 0.15) is 53.9 Å². The van der Waals surface area contributed by atoms with E-state index in [-0.39, 0.29) is 28.0 Å². The number of carbonyl (C=O) groups excluding carboxylic acids is 4. The predicted octanol–water partition coefficient (Wildman–Crippen LogP) is 4.26. The highest BCUT2D eigenvalue weighted by Crippen LogP contribution is 2.31. The molecule has 5 N–H and O–H groups in total. The minimum absolute atomic E-state index is 0.0597. The highest BCUT2D eigenvalue weighted by Gasteiger charge is 2.22. The van der Waals surface area contributed by atoms with Gasteiger partial charge in [-0.1, -0.05) is 11.6 Å². The van der Waals surface area contributed by atoms with E-state index in [1.807, 2.05) is 31.1 Å². The van der Waals surface area contributed by atoms with Gasteiger partial charge >= 0.3 is 0 Å². The van der Waals surface area contributed by atoms with Crippen LogP contribution in [0, 0.1) is 0 Å². The maximum Gasteiger partial charge on any atom is 0.277 e. The molecule has 0 aliphatic rings. The van der Waals surface area contributed by atoms with Gasteiger partial charge in [-0.05, 0) is 74.5 Å². The first-order valence-corrected chi connectivity index (χ1v) is 16.7. The minimum atomic E-state index is -0.523. The third kappa shape index (κ3) is 8.76. The fourth-order valence-corrected chi connectivity index (χ4v) is 6.08. The van der Waals surface area contributed by atoms with Crippen LogP contribution in [0.25, 0.3) is 0 Å². The number of hydrogen-bond donors (Lipinski definition) is 5. The monoisotopic (exact) mass is 719 g/mol. The number of carbonyl (C=O) groups is 4. The van der Waals surface area contributed by atoms with Gasteiger partial charge in [-0.3, -0.25) is 24.2 Å². The van der Waals surface area contributed by atoms with Gasteiger partial charge < -0.3 is 45.2 Å². The van der Waals surface area contributed by atoms with Crippen molar-refractivity contribution in [2.45, 2.75) is 13.0 Å². The molecule has 0 radical (unpaired) electrons. The fourth-order valence-electron chi connectivity index (χ4n) is 5.06. The van der Waals surface area contributed by atoms with E-state index >= 15 is 0 Å². The molecule has 5 aromatic heterocycles. The molecule has 0 bridgehead atoms. The van der Waals surface area contributed by atoms with E-state index < -0.39 is 17.7 Å². The Balaban J connectivity index is 1.17. The van der Waals surface area contributed by atoms with Gasteiger partial charge in [-0.15, -0.1) is 0 Å². The molecule has 15 nitrogen and oxygen atoms in total. The van der Waals surface area contributed by atoms with E-state index in [2.05, 4.69) is 35.9 Å². The van der Waals surface area contributed by atoms with Crippen LogP contribution < -0.4 is 26.6 Å². The summed E-state index contributed by atoms with van der Waals surface area (Å²) in [6.45, 7) is 1.88. The smallest absolute Gasteiger partial charge is 0.277 e. The number of anilines is 4. The van der Waals surface area contributed by atoms with Crippen LogP contribution in [0.4, 0.5) is 22.1 Å². The first-order chi connectivity index (χ1) is 23.9. The second kappa shape index (κ2) is 15.8. The Hall–Kier alpha value is -5.45. The van der Waals surface area contributed by atoms with E-state index in [0.29, 0.717) is 40.8 Å². The number of halogens is 1. The normalized spacial score (nSPS) is 11.0. The number of nitrogens with one attached hydrogen (secondary N) is 5. The lowest BCUT2D eigenvalue weighted by molar-refractivity contribution is 0.0942. The highest BCUT2D eigenvalue weighted by molar-refractivity contribution is 7.11. The average molecular weight is 720 g/mol. The molecule has 0 atom stereocenters. The molecule has 17 heteroatoms. The number of aryl methyl sites for hydroxylation is 3. The summed E-state index contributed by atoms with van der Waals surface area (Å²) in [4.78, 5) is 58.1. The number of nitrogens with zero attached hydrogens (tertiary/aromatic N) is 6. The Morgan fingerprint density at radius 1 is 0.780 bits per heavy atom. The van der Waals surface area contributed by atoms with Crippen LogP contribution in [0.2, 0.25) is 5.02 Å². The molecule has 5 aromatic rings. The summed E-state index contributed by atoms with van der Waals surface area (Å²) in [5.41, 5.74) is 3.23. The van der Waals surface area contributed by atoms with Crippen LogP contribution in [0.5, 0.6) is 0 Å². The molecule has 5 rings (SSSR count). The molecule has 0 saturated heterocycles. The van der Waals surface area contributed by atoms with Gasteiger partial charge in [0.25, 0.3) is 23.6 Å². The first kappa shape index (κ1) is 35.8. The molecule has 4 amide bonds. The lowest BCUT2D eigenvalue weighted by Gasteiger charge is -2.10.